The molecule has 6 heteroatoms. The summed E-state index contributed by atoms with van der Waals surface area (Å²) in [6.45, 7) is 4.24. The van der Waals surface area contributed by atoms with Crippen LogP contribution < -0.4 is 0 Å². The smallest absolute Gasteiger partial charge is 0.309 e. The van der Waals surface area contributed by atoms with Gasteiger partial charge >= 0.3 is 17.9 Å². The molecular weight excluding hydrogens is 288 g/mol. The van der Waals surface area contributed by atoms with E-state index in [1.165, 1.54) is 13.8 Å². The van der Waals surface area contributed by atoms with Gasteiger partial charge in [0, 0.05) is 13.8 Å². The minimum Gasteiger partial charge on any atom is -0.462 e. The summed E-state index contributed by atoms with van der Waals surface area (Å²) < 4.78 is 14.6. The fraction of sp³-hybridized carbons (Fsp3) is 0.562. The molecule has 1 unspecified atom stereocenters. The molecule has 0 bridgehead atoms. The molecule has 0 aliphatic rings. The predicted molar refractivity (Wildman–Crippen MR) is 81.0 cm³/mol. The molecule has 0 saturated heterocycles. The van der Waals surface area contributed by atoms with Gasteiger partial charge in [-0.1, -0.05) is 31.2 Å². The van der Waals surface area contributed by atoms with Crippen molar-refractivity contribution in [3.63, 3.8) is 0 Å². The van der Waals surface area contributed by atoms with Crippen LogP contribution in [0.4, 0.5) is 0 Å². The number of carbonyl (C=O) groups is 3. The van der Waals surface area contributed by atoms with Crippen LogP contribution >= 0.6 is 0 Å². The number of hydrogen-bond acceptors (Lipinski definition) is 6. The van der Waals surface area contributed by atoms with Gasteiger partial charge in [-0.05, 0) is 12.8 Å². The zero-order valence-corrected chi connectivity index (χ0v) is 13.4. The van der Waals surface area contributed by atoms with Gasteiger partial charge in [0.25, 0.3) is 0 Å². The standard InChI is InChI=1S/C16H24O6/c1-4-5-6-7-8-9-10-16(19)21-12-15(22-14(3)18)11-20-13(2)17/h5-6,8-9,15H,4,7,10-12H2,1-3H3/b6-5-,9-8-. The number of allylic oxidation sites excluding steroid dienone is 3. The second kappa shape index (κ2) is 12.6. The zero-order valence-electron chi connectivity index (χ0n) is 13.4. The van der Waals surface area contributed by atoms with Crippen molar-refractivity contribution in [3.05, 3.63) is 24.3 Å². The molecule has 0 spiro atoms. The van der Waals surface area contributed by atoms with E-state index in [2.05, 4.69) is 0 Å². The Balaban J connectivity index is 4.06. The van der Waals surface area contributed by atoms with Crippen molar-refractivity contribution >= 4 is 17.9 Å². The fourth-order valence-corrected chi connectivity index (χ4v) is 1.42. The van der Waals surface area contributed by atoms with Gasteiger partial charge in [0.05, 0.1) is 6.42 Å². The van der Waals surface area contributed by atoms with Crippen molar-refractivity contribution in [3.8, 4) is 0 Å². The average Bonchev–Trinajstić information content (AvgIpc) is 2.45. The third kappa shape index (κ3) is 12.9. The fourth-order valence-electron chi connectivity index (χ4n) is 1.42. The molecule has 0 saturated carbocycles. The topological polar surface area (TPSA) is 78.9 Å². The Hall–Kier alpha value is -2.11. The third-order valence-corrected chi connectivity index (χ3v) is 2.36. The first-order chi connectivity index (χ1) is 10.5. The predicted octanol–water partition coefficient (Wildman–Crippen LogP) is 2.33. The molecular formula is C16H24O6. The van der Waals surface area contributed by atoms with Gasteiger partial charge < -0.3 is 14.2 Å². The molecule has 0 aliphatic carbocycles. The van der Waals surface area contributed by atoms with Gasteiger partial charge in [0.1, 0.15) is 13.2 Å². The van der Waals surface area contributed by atoms with Gasteiger partial charge in [-0.2, -0.15) is 0 Å². The van der Waals surface area contributed by atoms with Gasteiger partial charge in [0.15, 0.2) is 6.10 Å². The highest BCUT2D eigenvalue weighted by Gasteiger charge is 2.16. The molecule has 0 amide bonds. The van der Waals surface area contributed by atoms with Crippen molar-refractivity contribution in [2.45, 2.75) is 46.1 Å². The molecule has 0 radical (unpaired) electrons. The Bertz CT molecular complexity index is 411. The lowest BCUT2D eigenvalue weighted by molar-refractivity contribution is -0.164. The van der Waals surface area contributed by atoms with Crippen LogP contribution in [0.25, 0.3) is 0 Å². The number of esters is 3. The Kier molecular flexibility index (Phi) is 11.4. The maximum absolute atomic E-state index is 11.5. The molecule has 6 nitrogen and oxygen atoms in total. The van der Waals surface area contributed by atoms with E-state index in [1.807, 2.05) is 25.2 Å². The normalized spacial score (nSPS) is 12.3. The average molecular weight is 312 g/mol. The summed E-state index contributed by atoms with van der Waals surface area (Å²) in [5.41, 5.74) is 0. The molecule has 0 aromatic heterocycles. The molecule has 0 aromatic rings. The highest BCUT2D eigenvalue weighted by molar-refractivity contribution is 5.71. The van der Waals surface area contributed by atoms with E-state index in [4.69, 9.17) is 14.2 Å². The SMILES string of the molecule is CC/C=C\C/C=C\CC(=O)OCC(COC(C)=O)OC(C)=O. The second-order valence-corrected chi connectivity index (χ2v) is 4.51. The lowest BCUT2D eigenvalue weighted by Gasteiger charge is -2.16. The first kappa shape index (κ1) is 19.9. The largest absolute Gasteiger partial charge is 0.462 e. The summed E-state index contributed by atoms with van der Waals surface area (Å²) >= 11 is 0. The molecule has 0 N–H and O–H groups in total. The van der Waals surface area contributed by atoms with Crippen molar-refractivity contribution in [1.29, 1.82) is 0 Å². The molecule has 1 atom stereocenters. The van der Waals surface area contributed by atoms with E-state index in [0.29, 0.717) is 0 Å². The van der Waals surface area contributed by atoms with Crippen LogP contribution in [-0.4, -0.2) is 37.2 Å². The number of rotatable bonds is 10. The summed E-state index contributed by atoms with van der Waals surface area (Å²) in [6.07, 6.45) is 8.74. The summed E-state index contributed by atoms with van der Waals surface area (Å²) in [5.74, 6) is -1.46. The Morgan fingerprint density at radius 1 is 0.909 bits per heavy atom. The lowest BCUT2D eigenvalue weighted by Crippen LogP contribution is -2.29. The van der Waals surface area contributed by atoms with E-state index < -0.39 is 24.0 Å². The van der Waals surface area contributed by atoms with Crippen LogP contribution in [0.2, 0.25) is 0 Å². The van der Waals surface area contributed by atoms with E-state index in [9.17, 15) is 14.4 Å². The van der Waals surface area contributed by atoms with E-state index in [0.717, 1.165) is 12.8 Å². The van der Waals surface area contributed by atoms with Crippen LogP contribution in [0.3, 0.4) is 0 Å². The van der Waals surface area contributed by atoms with Crippen molar-refractivity contribution < 1.29 is 28.6 Å². The summed E-state index contributed by atoms with van der Waals surface area (Å²) in [7, 11) is 0. The molecule has 0 fully saturated rings. The van der Waals surface area contributed by atoms with Crippen LogP contribution in [0.15, 0.2) is 24.3 Å². The maximum atomic E-state index is 11.5. The monoisotopic (exact) mass is 312 g/mol. The number of hydrogen-bond donors (Lipinski definition) is 0. The van der Waals surface area contributed by atoms with Gasteiger partial charge in [-0.3, -0.25) is 14.4 Å². The highest BCUT2D eigenvalue weighted by Crippen LogP contribution is 1.99. The first-order valence-corrected chi connectivity index (χ1v) is 7.21. The van der Waals surface area contributed by atoms with E-state index in [1.54, 1.807) is 6.08 Å². The van der Waals surface area contributed by atoms with Crippen molar-refractivity contribution in [2.24, 2.45) is 0 Å². The number of ether oxygens (including phenoxy) is 3. The van der Waals surface area contributed by atoms with Crippen LogP contribution in [0.1, 0.15) is 40.0 Å². The highest BCUT2D eigenvalue weighted by atomic mass is 16.6. The Labute approximate surface area is 131 Å². The lowest BCUT2D eigenvalue weighted by atomic mass is 10.3. The summed E-state index contributed by atoms with van der Waals surface area (Å²) in [6, 6.07) is 0. The van der Waals surface area contributed by atoms with E-state index in [-0.39, 0.29) is 19.6 Å². The number of carbonyl (C=O) groups excluding carboxylic acids is 3. The molecule has 124 valence electrons. The summed E-state index contributed by atoms with van der Waals surface area (Å²) in [5, 5.41) is 0. The van der Waals surface area contributed by atoms with Crippen molar-refractivity contribution in [2.75, 3.05) is 13.2 Å². The van der Waals surface area contributed by atoms with Crippen LogP contribution in [-0.2, 0) is 28.6 Å². The van der Waals surface area contributed by atoms with Gasteiger partial charge in [0.2, 0.25) is 0 Å². The Morgan fingerprint density at radius 2 is 1.55 bits per heavy atom. The molecule has 0 heterocycles. The Morgan fingerprint density at radius 3 is 2.14 bits per heavy atom. The minimum absolute atomic E-state index is 0.139. The first-order valence-electron chi connectivity index (χ1n) is 7.21. The van der Waals surface area contributed by atoms with Crippen LogP contribution in [0.5, 0.6) is 0 Å². The van der Waals surface area contributed by atoms with E-state index >= 15 is 0 Å². The molecule has 0 rings (SSSR count). The summed E-state index contributed by atoms with van der Waals surface area (Å²) in [4.78, 5) is 33.2. The van der Waals surface area contributed by atoms with Crippen molar-refractivity contribution in [1.82, 2.24) is 0 Å². The quantitative estimate of drug-likeness (QED) is 0.350. The van der Waals surface area contributed by atoms with Gasteiger partial charge in [-0.15, -0.1) is 0 Å². The minimum atomic E-state index is -0.790. The second-order valence-electron chi connectivity index (χ2n) is 4.51. The maximum Gasteiger partial charge on any atom is 0.309 e. The molecule has 22 heavy (non-hydrogen) atoms. The third-order valence-electron chi connectivity index (χ3n) is 2.36. The van der Waals surface area contributed by atoms with Gasteiger partial charge in [-0.25, -0.2) is 0 Å². The zero-order chi connectivity index (χ0) is 16.8. The molecule has 0 aromatic carbocycles. The van der Waals surface area contributed by atoms with Crippen LogP contribution in [0, 0.1) is 0 Å². The molecule has 0 aliphatic heterocycles.